The van der Waals surface area contributed by atoms with E-state index in [0.717, 1.165) is 11.3 Å². The van der Waals surface area contributed by atoms with Crippen LogP contribution in [-0.4, -0.2) is 48.9 Å². The zero-order chi connectivity index (χ0) is 15.8. The average Bonchev–Trinajstić information content (AvgIpc) is 2.42. The number of methoxy groups -OCH3 is 1. The highest BCUT2D eigenvalue weighted by Gasteiger charge is 2.18. The largest absolute Gasteiger partial charge is 0.491 e. The fourth-order valence-corrected chi connectivity index (χ4v) is 2.10. The molecule has 0 heterocycles. The van der Waals surface area contributed by atoms with E-state index in [9.17, 15) is 4.79 Å². The van der Waals surface area contributed by atoms with E-state index in [2.05, 4.69) is 0 Å². The van der Waals surface area contributed by atoms with Gasteiger partial charge in [0.15, 0.2) is 0 Å². The molecule has 0 radical (unpaired) electrons. The van der Waals surface area contributed by atoms with Crippen LogP contribution >= 0.6 is 0 Å². The number of benzene rings is 1. The summed E-state index contributed by atoms with van der Waals surface area (Å²) in [5.41, 5.74) is 1.06. The summed E-state index contributed by atoms with van der Waals surface area (Å²) < 4.78 is 10.7. The maximum atomic E-state index is 11.0. The summed E-state index contributed by atoms with van der Waals surface area (Å²) in [4.78, 5) is 12.9. The number of hydrogen-bond acceptors (Lipinski definition) is 4. The minimum atomic E-state index is -0.835. The molecule has 0 fully saturated rings. The summed E-state index contributed by atoms with van der Waals surface area (Å²) in [6.45, 7) is 7.04. The van der Waals surface area contributed by atoms with Crippen LogP contribution in [0.15, 0.2) is 24.3 Å². The van der Waals surface area contributed by atoms with Crippen LogP contribution in [0.25, 0.3) is 0 Å². The molecule has 1 rings (SSSR count). The van der Waals surface area contributed by atoms with Crippen LogP contribution in [0.5, 0.6) is 5.75 Å². The predicted octanol–water partition coefficient (Wildman–Crippen LogP) is 2.57. The zero-order valence-electron chi connectivity index (χ0n) is 13.2. The van der Waals surface area contributed by atoms with Gasteiger partial charge in [0, 0.05) is 19.7 Å². The minimum Gasteiger partial charge on any atom is -0.491 e. The van der Waals surface area contributed by atoms with Crippen LogP contribution in [0.3, 0.4) is 0 Å². The fraction of sp³-hybridized carbons (Fsp3) is 0.562. The topological polar surface area (TPSA) is 59.0 Å². The number of nitrogens with zero attached hydrogens (tertiary/aromatic N) is 1. The van der Waals surface area contributed by atoms with Gasteiger partial charge in [-0.25, -0.2) is 0 Å². The molecule has 1 N–H and O–H groups in total. The van der Waals surface area contributed by atoms with Crippen molar-refractivity contribution in [2.24, 2.45) is 0 Å². The number of aliphatic carboxylic acids is 1. The molecule has 1 atom stereocenters. The lowest BCUT2D eigenvalue weighted by molar-refractivity contribution is -0.139. The van der Waals surface area contributed by atoms with Crippen molar-refractivity contribution in [3.8, 4) is 5.75 Å². The Kier molecular flexibility index (Phi) is 7.19. The van der Waals surface area contributed by atoms with Gasteiger partial charge in [-0.1, -0.05) is 12.1 Å². The summed E-state index contributed by atoms with van der Waals surface area (Å²) in [5.74, 6) is -0.0136. The average molecular weight is 295 g/mol. The zero-order valence-corrected chi connectivity index (χ0v) is 13.2. The van der Waals surface area contributed by atoms with Gasteiger partial charge >= 0.3 is 5.97 Å². The van der Waals surface area contributed by atoms with Gasteiger partial charge in [-0.05, 0) is 38.5 Å². The Labute approximate surface area is 126 Å². The van der Waals surface area contributed by atoms with Gasteiger partial charge in [-0.2, -0.15) is 0 Å². The SMILES string of the molecule is COCCN(CC(=O)O)C(C)c1ccc(OC(C)C)cc1. The molecule has 0 aromatic heterocycles. The van der Waals surface area contributed by atoms with Crippen molar-refractivity contribution >= 4 is 5.97 Å². The first-order valence-electron chi connectivity index (χ1n) is 7.15. The summed E-state index contributed by atoms with van der Waals surface area (Å²) in [5, 5.41) is 9.02. The molecule has 5 nitrogen and oxygen atoms in total. The van der Waals surface area contributed by atoms with Crippen molar-refractivity contribution < 1.29 is 19.4 Å². The van der Waals surface area contributed by atoms with E-state index in [1.54, 1.807) is 7.11 Å². The summed E-state index contributed by atoms with van der Waals surface area (Å²) in [6, 6.07) is 7.79. The van der Waals surface area contributed by atoms with Crippen LogP contribution in [0.1, 0.15) is 32.4 Å². The van der Waals surface area contributed by atoms with Crippen molar-refractivity contribution in [1.29, 1.82) is 0 Å². The summed E-state index contributed by atoms with van der Waals surface area (Å²) in [6.07, 6.45) is 0.137. The Balaban J connectivity index is 2.76. The van der Waals surface area contributed by atoms with E-state index in [1.807, 2.05) is 49.9 Å². The number of hydrogen-bond donors (Lipinski definition) is 1. The molecule has 0 saturated heterocycles. The first-order valence-corrected chi connectivity index (χ1v) is 7.15. The van der Waals surface area contributed by atoms with E-state index in [-0.39, 0.29) is 18.7 Å². The first kappa shape index (κ1) is 17.5. The number of ether oxygens (including phenoxy) is 2. The number of carboxylic acid groups (broad SMARTS) is 1. The Morgan fingerprint density at radius 1 is 1.24 bits per heavy atom. The fourth-order valence-electron chi connectivity index (χ4n) is 2.10. The third kappa shape index (κ3) is 6.14. The van der Waals surface area contributed by atoms with Crippen molar-refractivity contribution in [2.75, 3.05) is 26.8 Å². The molecule has 1 aromatic carbocycles. The molecule has 5 heteroatoms. The lowest BCUT2D eigenvalue weighted by Crippen LogP contribution is -2.35. The molecule has 21 heavy (non-hydrogen) atoms. The standard InChI is InChI=1S/C16H25NO4/c1-12(2)21-15-7-5-14(6-8-15)13(3)17(9-10-20-4)11-16(18)19/h5-8,12-13H,9-11H2,1-4H3,(H,18,19). The van der Waals surface area contributed by atoms with Gasteiger partial charge in [-0.15, -0.1) is 0 Å². The Morgan fingerprint density at radius 3 is 2.33 bits per heavy atom. The molecule has 0 aliphatic carbocycles. The van der Waals surface area contributed by atoms with Gasteiger partial charge < -0.3 is 14.6 Å². The summed E-state index contributed by atoms with van der Waals surface area (Å²) in [7, 11) is 1.61. The van der Waals surface area contributed by atoms with Gasteiger partial charge in [0.25, 0.3) is 0 Å². The van der Waals surface area contributed by atoms with E-state index in [0.29, 0.717) is 13.2 Å². The highest BCUT2D eigenvalue weighted by molar-refractivity contribution is 5.69. The predicted molar refractivity (Wildman–Crippen MR) is 81.7 cm³/mol. The second-order valence-corrected chi connectivity index (χ2v) is 5.27. The van der Waals surface area contributed by atoms with Crippen LogP contribution in [-0.2, 0) is 9.53 Å². The molecule has 0 aliphatic rings. The van der Waals surface area contributed by atoms with Gasteiger partial charge in [0.2, 0.25) is 0 Å². The maximum absolute atomic E-state index is 11.0. The lowest BCUT2D eigenvalue weighted by atomic mass is 10.1. The smallest absolute Gasteiger partial charge is 0.317 e. The maximum Gasteiger partial charge on any atom is 0.317 e. The normalized spacial score (nSPS) is 12.7. The van der Waals surface area contributed by atoms with Crippen molar-refractivity contribution in [3.63, 3.8) is 0 Å². The molecular weight excluding hydrogens is 270 g/mol. The molecule has 118 valence electrons. The Bertz CT molecular complexity index is 430. The van der Waals surface area contributed by atoms with Crippen LogP contribution in [0.4, 0.5) is 0 Å². The molecule has 0 saturated carbocycles. The highest BCUT2D eigenvalue weighted by Crippen LogP contribution is 2.23. The number of carboxylic acids is 1. The van der Waals surface area contributed by atoms with Crippen molar-refractivity contribution in [1.82, 2.24) is 4.90 Å². The van der Waals surface area contributed by atoms with Gasteiger partial charge in [0.05, 0.1) is 19.3 Å². The van der Waals surface area contributed by atoms with Crippen molar-refractivity contribution in [2.45, 2.75) is 32.9 Å². The molecule has 0 amide bonds. The molecule has 0 aliphatic heterocycles. The summed E-state index contributed by atoms with van der Waals surface area (Å²) >= 11 is 0. The molecule has 0 spiro atoms. The lowest BCUT2D eigenvalue weighted by Gasteiger charge is -2.27. The monoisotopic (exact) mass is 295 g/mol. The van der Waals surface area contributed by atoms with Crippen LogP contribution < -0.4 is 4.74 Å². The Morgan fingerprint density at radius 2 is 1.86 bits per heavy atom. The second kappa shape index (κ2) is 8.64. The number of carbonyl (C=O) groups is 1. The van der Waals surface area contributed by atoms with Gasteiger partial charge in [-0.3, -0.25) is 9.69 Å². The van der Waals surface area contributed by atoms with Gasteiger partial charge in [0.1, 0.15) is 5.75 Å². The molecule has 1 unspecified atom stereocenters. The third-order valence-electron chi connectivity index (χ3n) is 3.20. The van der Waals surface area contributed by atoms with E-state index >= 15 is 0 Å². The van der Waals surface area contributed by atoms with Crippen LogP contribution in [0, 0.1) is 0 Å². The van der Waals surface area contributed by atoms with E-state index in [1.165, 1.54) is 0 Å². The van der Waals surface area contributed by atoms with E-state index < -0.39 is 5.97 Å². The highest BCUT2D eigenvalue weighted by atomic mass is 16.5. The van der Waals surface area contributed by atoms with E-state index in [4.69, 9.17) is 14.6 Å². The second-order valence-electron chi connectivity index (χ2n) is 5.27. The minimum absolute atomic E-state index is 0.00403. The van der Waals surface area contributed by atoms with Crippen molar-refractivity contribution in [3.05, 3.63) is 29.8 Å². The molecule has 0 bridgehead atoms. The van der Waals surface area contributed by atoms with Crippen LogP contribution in [0.2, 0.25) is 0 Å². The first-order chi connectivity index (χ1) is 9.93. The molecule has 1 aromatic rings. The third-order valence-corrected chi connectivity index (χ3v) is 3.20. The quantitative estimate of drug-likeness (QED) is 0.758. The Hall–Kier alpha value is -1.59. The number of rotatable bonds is 9. The molecular formula is C16H25NO4.